The molecule has 0 radical (unpaired) electrons. The first kappa shape index (κ1) is 19.6. The van der Waals surface area contributed by atoms with Crippen molar-refractivity contribution < 1.29 is 27.2 Å². The van der Waals surface area contributed by atoms with Gasteiger partial charge in [0.1, 0.15) is 6.73 Å². The van der Waals surface area contributed by atoms with Crippen molar-refractivity contribution in [2.75, 3.05) is 18.6 Å². The molecule has 1 saturated heterocycles. The largest absolute Gasteiger partial charge is 0.498 e. The van der Waals surface area contributed by atoms with Crippen molar-refractivity contribution in [3.63, 3.8) is 0 Å². The van der Waals surface area contributed by atoms with Crippen LogP contribution in [0.5, 0.6) is 0 Å². The van der Waals surface area contributed by atoms with E-state index in [-0.39, 0.29) is 12.2 Å². The second kappa shape index (κ2) is 6.89. The Morgan fingerprint density at radius 3 is 2.33 bits per heavy atom. The SMILES string of the molecule is CSCCOCn1cc(B2OC(C)(C)C(C)(C)O2)c(C(F)(F)F)n1. The number of aromatic nitrogens is 2. The monoisotopic (exact) mass is 366 g/mol. The first-order chi connectivity index (χ1) is 11.0. The minimum atomic E-state index is -4.59. The van der Waals surface area contributed by atoms with Crippen LogP contribution < -0.4 is 5.46 Å². The standard InChI is InChI=1S/C14H22BF3N2O3S/c1-12(2)13(3,4)23-15(22-12)10-8-20(9-21-6-7-24-5)19-11(10)14(16,17)18/h8H,6-7,9H2,1-5H3. The molecule has 0 bridgehead atoms. The van der Waals surface area contributed by atoms with Crippen LogP contribution in [0.1, 0.15) is 33.4 Å². The van der Waals surface area contributed by atoms with Crippen LogP contribution in [0, 0.1) is 0 Å². The van der Waals surface area contributed by atoms with Gasteiger partial charge in [-0.2, -0.15) is 30.0 Å². The summed E-state index contributed by atoms with van der Waals surface area (Å²) in [5.74, 6) is 0.761. The minimum absolute atomic E-state index is 0.0524. The first-order valence-electron chi connectivity index (χ1n) is 7.55. The molecule has 5 nitrogen and oxygen atoms in total. The number of hydrogen-bond acceptors (Lipinski definition) is 5. The van der Waals surface area contributed by atoms with E-state index in [2.05, 4.69) is 5.10 Å². The zero-order valence-corrected chi connectivity index (χ0v) is 15.3. The lowest BCUT2D eigenvalue weighted by atomic mass is 9.79. The van der Waals surface area contributed by atoms with Gasteiger partial charge in [-0.15, -0.1) is 0 Å². The molecule has 0 amide bonds. The lowest BCUT2D eigenvalue weighted by Crippen LogP contribution is -2.41. The Morgan fingerprint density at radius 1 is 1.25 bits per heavy atom. The number of halogens is 3. The third kappa shape index (κ3) is 4.09. The molecule has 0 N–H and O–H groups in total. The van der Waals surface area contributed by atoms with Crippen molar-refractivity contribution in [3.05, 3.63) is 11.9 Å². The van der Waals surface area contributed by atoms with E-state index in [1.54, 1.807) is 39.5 Å². The number of thioether (sulfide) groups is 1. The average molecular weight is 366 g/mol. The zero-order valence-electron chi connectivity index (χ0n) is 14.4. The van der Waals surface area contributed by atoms with Crippen LogP contribution in [0.25, 0.3) is 0 Å². The maximum atomic E-state index is 13.3. The Morgan fingerprint density at radius 2 is 1.83 bits per heavy atom. The highest BCUT2D eigenvalue weighted by atomic mass is 32.2. The van der Waals surface area contributed by atoms with Gasteiger partial charge in [-0.3, -0.25) is 0 Å². The Labute approximate surface area is 144 Å². The Bertz CT molecular complexity index is 562. The third-order valence-electron chi connectivity index (χ3n) is 4.22. The molecule has 1 fully saturated rings. The Balaban J connectivity index is 2.24. The molecule has 2 rings (SSSR count). The van der Waals surface area contributed by atoms with E-state index < -0.39 is 30.2 Å². The molecule has 0 aliphatic carbocycles. The molecule has 1 aliphatic rings. The van der Waals surface area contributed by atoms with Crippen molar-refractivity contribution in [1.82, 2.24) is 9.78 Å². The second-order valence-electron chi connectivity index (χ2n) is 6.59. The molecule has 1 aromatic heterocycles. The maximum absolute atomic E-state index is 13.3. The molecule has 2 heterocycles. The van der Waals surface area contributed by atoms with Crippen LogP contribution in [0.4, 0.5) is 13.2 Å². The molecule has 10 heteroatoms. The highest BCUT2D eigenvalue weighted by molar-refractivity contribution is 7.98. The molecule has 24 heavy (non-hydrogen) atoms. The van der Waals surface area contributed by atoms with Gasteiger partial charge in [0, 0.05) is 17.4 Å². The number of nitrogens with zero attached hydrogens (tertiary/aromatic N) is 2. The van der Waals surface area contributed by atoms with Crippen LogP contribution >= 0.6 is 11.8 Å². The van der Waals surface area contributed by atoms with Crippen LogP contribution in [-0.2, 0) is 27.0 Å². The molecule has 0 unspecified atom stereocenters. The molecule has 0 saturated carbocycles. The molecule has 1 aromatic rings. The number of hydrogen-bond donors (Lipinski definition) is 0. The van der Waals surface area contributed by atoms with Crippen LogP contribution in [-0.4, -0.2) is 46.7 Å². The summed E-state index contributed by atoms with van der Waals surface area (Å²) in [6, 6.07) is 0. The van der Waals surface area contributed by atoms with Gasteiger partial charge in [-0.1, -0.05) is 0 Å². The summed E-state index contributed by atoms with van der Waals surface area (Å²) in [6.45, 7) is 7.54. The Hall–Kier alpha value is -0.705. The highest BCUT2D eigenvalue weighted by Gasteiger charge is 2.54. The predicted molar refractivity (Wildman–Crippen MR) is 87.3 cm³/mol. The fraction of sp³-hybridized carbons (Fsp3) is 0.786. The van der Waals surface area contributed by atoms with Crippen LogP contribution in [0.2, 0.25) is 0 Å². The van der Waals surface area contributed by atoms with E-state index in [0.29, 0.717) is 6.61 Å². The Kier molecular flexibility index (Phi) is 5.64. The van der Waals surface area contributed by atoms with E-state index in [0.717, 1.165) is 10.4 Å². The molecular weight excluding hydrogens is 344 g/mol. The van der Waals surface area contributed by atoms with Crippen molar-refractivity contribution >= 4 is 24.3 Å². The molecule has 136 valence electrons. The van der Waals surface area contributed by atoms with Gasteiger partial charge in [0.25, 0.3) is 0 Å². The molecular formula is C14H22BF3N2O3S. The van der Waals surface area contributed by atoms with Gasteiger partial charge in [0.05, 0.1) is 17.8 Å². The summed E-state index contributed by atoms with van der Waals surface area (Å²) in [5, 5.41) is 3.62. The zero-order chi connectivity index (χ0) is 18.2. The highest BCUT2D eigenvalue weighted by Crippen LogP contribution is 2.37. The number of alkyl halides is 3. The summed E-state index contributed by atoms with van der Waals surface area (Å²) in [7, 11) is -1.12. The molecule has 0 aromatic carbocycles. The van der Waals surface area contributed by atoms with Crippen molar-refractivity contribution in [3.8, 4) is 0 Å². The van der Waals surface area contributed by atoms with Gasteiger partial charge >= 0.3 is 13.3 Å². The normalized spacial score (nSPS) is 19.9. The summed E-state index contributed by atoms with van der Waals surface area (Å²) in [6.07, 6.45) is -1.39. The van der Waals surface area contributed by atoms with E-state index >= 15 is 0 Å². The number of rotatable bonds is 6. The van der Waals surface area contributed by atoms with Gasteiger partial charge in [-0.25, -0.2) is 4.68 Å². The average Bonchev–Trinajstić information content (AvgIpc) is 2.94. The summed E-state index contributed by atoms with van der Waals surface area (Å²) < 4.78 is 57.8. The topological polar surface area (TPSA) is 45.5 Å². The van der Waals surface area contributed by atoms with Gasteiger partial charge in [0.15, 0.2) is 5.69 Å². The van der Waals surface area contributed by atoms with Crippen LogP contribution in [0.3, 0.4) is 0 Å². The predicted octanol–water partition coefficient (Wildman–Crippen LogP) is 2.54. The fourth-order valence-electron chi connectivity index (χ4n) is 2.17. The van der Waals surface area contributed by atoms with E-state index in [1.807, 2.05) is 6.26 Å². The number of ether oxygens (including phenoxy) is 1. The first-order valence-corrected chi connectivity index (χ1v) is 8.94. The minimum Gasteiger partial charge on any atom is -0.399 e. The summed E-state index contributed by atoms with van der Waals surface area (Å²) in [4.78, 5) is 0. The van der Waals surface area contributed by atoms with E-state index in [4.69, 9.17) is 14.0 Å². The molecule has 0 spiro atoms. The summed E-state index contributed by atoms with van der Waals surface area (Å²) >= 11 is 1.59. The van der Waals surface area contributed by atoms with Gasteiger partial charge < -0.3 is 14.0 Å². The van der Waals surface area contributed by atoms with Crippen molar-refractivity contribution in [1.29, 1.82) is 0 Å². The smallest absolute Gasteiger partial charge is 0.399 e. The molecule has 0 atom stereocenters. The fourth-order valence-corrected chi connectivity index (χ4v) is 2.45. The summed E-state index contributed by atoms with van der Waals surface area (Å²) in [5.41, 5.74) is -2.58. The lowest BCUT2D eigenvalue weighted by molar-refractivity contribution is -0.141. The van der Waals surface area contributed by atoms with Gasteiger partial charge in [0.2, 0.25) is 0 Å². The van der Waals surface area contributed by atoms with Crippen LogP contribution in [0.15, 0.2) is 6.20 Å². The second-order valence-corrected chi connectivity index (χ2v) is 7.57. The maximum Gasteiger partial charge on any atom is 0.498 e. The molecule has 1 aliphatic heterocycles. The quantitative estimate of drug-likeness (QED) is 0.572. The third-order valence-corrected chi connectivity index (χ3v) is 4.80. The lowest BCUT2D eigenvalue weighted by Gasteiger charge is -2.32. The van der Waals surface area contributed by atoms with Gasteiger partial charge in [-0.05, 0) is 34.0 Å². The van der Waals surface area contributed by atoms with E-state index in [1.165, 1.54) is 6.20 Å². The van der Waals surface area contributed by atoms with Crippen molar-refractivity contribution in [2.24, 2.45) is 0 Å². The van der Waals surface area contributed by atoms with E-state index in [9.17, 15) is 13.2 Å². The van der Waals surface area contributed by atoms with Crippen molar-refractivity contribution in [2.45, 2.75) is 51.8 Å².